The molecule has 53 heavy (non-hydrogen) atoms. The molecular formula is C48H30N4O. The van der Waals surface area contributed by atoms with Crippen molar-refractivity contribution in [3.05, 3.63) is 182 Å². The highest BCUT2D eigenvalue weighted by Crippen LogP contribution is 2.39. The fourth-order valence-electron chi connectivity index (χ4n) is 7.24. The Morgan fingerprint density at radius 3 is 1.66 bits per heavy atom. The smallest absolute Gasteiger partial charge is 0.227 e. The van der Waals surface area contributed by atoms with Crippen molar-refractivity contribution in [1.82, 2.24) is 19.9 Å². The minimum Gasteiger partial charge on any atom is -0.436 e. The summed E-state index contributed by atoms with van der Waals surface area (Å²) in [6, 6.07) is 62.3. The molecule has 0 bridgehead atoms. The van der Waals surface area contributed by atoms with E-state index in [0.29, 0.717) is 23.4 Å². The van der Waals surface area contributed by atoms with E-state index in [1.165, 1.54) is 11.1 Å². The fourth-order valence-corrected chi connectivity index (χ4v) is 7.24. The Hall–Kier alpha value is -7.24. The van der Waals surface area contributed by atoms with Gasteiger partial charge in [-0.15, -0.1) is 0 Å². The second-order valence-corrected chi connectivity index (χ2v) is 13.0. The fraction of sp³-hybridized carbons (Fsp3) is 0. The molecule has 0 aliphatic rings. The quantitative estimate of drug-likeness (QED) is 0.175. The maximum atomic E-state index is 6.28. The first-order chi connectivity index (χ1) is 26.3. The van der Waals surface area contributed by atoms with E-state index in [0.717, 1.165) is 66.0 Å². The lowest BCUT2D eigenvalue weighted by atomic mass is 9.94. The van der Waals surface area contributed by atoms with E-state index in [2.05, 4.69) is 109 Å². The van der Waals surface area contributed by atoms with Gasteiger partial charge in [0.1, 0.15) is 5.52 Å². The summed E-state index contributed by atoms with van der Waals surface area (Å²) < 4.78 is 6.28. The molecule has 0 unspecified atom stereocenters. The summed E-state index contributed by atoms with van der Waals surface area (Å²) in [7, 11) is 0. The van der Waals surface area contributed by atoms with Crippen LogP contribution >= 0.6 is 0 Å². The molecule has 0 aliphatic carbocycles. The van der Waals surface area contributed by atoms with E-state index in [1.807, 2.05) is 72.8 Å². The maximum Gasteiger partial charge on any atom is 0.227 e. The molecule has 0 spiro atoms. The molecule has 5 heteroatoms. The van der Waals surface area contributed by atoms with Gasteiger partial charge in [0.25, 0.3) is 0 Å². The molecular weight excluding hydrogens is 649 g/mol. The van der Waals surface area contributed by atoms with Crippen LogP contribution in [-0.2, 0) is 0 Å². The van der Waals surface area contributed by atoms with Gasteiger partial charge in [-0.1, -0.05) is 152 Å². The molecule has 248 valence electrons. The zero-order valence-corrected chi connectivity index (χ0v) is 28.5. The van der Waals surface area contributed by atoms with E-state index in [-0.39, 0.29) is 0 Å². The zero-order chi connectivity index (χ0) is 35.1. The molecule has 5 nitrogen and oxygen atoms in total. The first-order valence-corrected chi connectivity index (χ1v) is 17.6. The zero-order valence-electron chi connectivity index (χ0n) is 28.5. The van der Waals surface area contributed by atoms with Crippen molar-refractivity contribution >= 4 is 32.6 Å². The Kier molecular flexibility index (Phi) is 7.40. The molecule has 8 aromatic carbocycles. The predicted molar refractivity (Wildman–Crippen MR) is 215 cm³/mol. The number of aromatic nitrogens is 4. The van der Waals surface area contributed by atoms with Crippen molar-refractivity contribution in [2.45, 2.75) is 0 Å². The van der Waals surface area contributed by atoms with Crippen molar-refractivity contribution in [2.24, 2.45) is 0 Å². The van der Waals surface area contributed by atoms with Gasteiger partial charge in [0, 0.05) is 27.6 Å². The van der Waals surface area contributed by atoms with Gasteiger partial charge in [-0.05, 0) is 68.7 Å². The summed E-state index contributed by atoms with van der Waals surface area (Å²) in [5.41, 5.74) is 9.73. The van der Waals surface area contributed by atoms with Gasteiger partial charge in [0.15, 0.2) is 23.1 Å². The van der Waals surface area contributed by atoms with Gasteiger partial charge in [-0.3, -0.25) is 0 Å². The molecule has 0 amide bonds. The lowest BCUT2D eigenvalue weighted by molar-refractivity contribution is 0.620. The standard InChI is InChI=1S/C48H30N4O/c1-4-14-31(15-5-1)37-27-28-41(40-24-11-10-23-39(37)40)47-51-45(33-16-6-2-7-17-33)50-46(52-47)36-22-12-21-35(30-36)38-25-13-20-32-26-29-42-44(43(32)38)49-48(53-42)34-18-8-3-9-19-34/h1-30H. The van der Waals surface area contributed by atoms with Crippen molar-refractivity contribution in [2.75, 3.05) is 0 Å². The Morgan fingerprint density at radius 1 is 0.340 bits per heavy atom. The average Bonchev–Trinajstić information content (AvgIpc) is 3.69. The first kappa shape index (κ1) is 30.6. The number of benzene rings is 8. The highest BCUT2D eigenvalue weighted by atomic mass is 16.3. The third-order valence-corrected chi connectivity index (χ3v) is 9.77. The molecule has 0 aliphatic heterocycles. The number of nitrogens with zero attached hydrogens (tertiary/aromatic N) is 4. The number of fused-ring (bicyclic) bond motifs is 4. The summed E-state index contributed by atoms with van der Waals surface area (Å²) in [6.45, 7) is 0. The molecule has 0 radical (unpaired) electrons. The van der Waals surface area contributed by atoms with Crippen LogP contribution < -0.4 is 0 Å². The van der Waals surface area contributed by atoms with Gasteiger partial charge in [0.2, 0.25) is 5.89 Å². The molecule has 0 saturated heterocycles. The Bertz CT molecular complexity index is 2940. The lowest BCUT2D eigenvalue weighted by Gasteiger charge is -2.13. The largest absolute Gasteiger partial charge is 0.436 e. The summed E-state index contributed by atoms with van der Waals surface area (Å²) in [5, 5.41) is 4.36. The van der Waals surface area contributed by atoms with Crippen LogP contribution in [0.1, 0.15) is 0 Å². The molecule has 2 heterocycles. The lowest BCUT2D eigenvalue weighted by Crippen LogP contribution is -2.01. The third kappa shape index (κ3) is 5.52. The van der Waals surface area contributed by atoms with Gasteiger partial charge in [-0.25, -0.2) is 19.9 Å². The van der Waals surface area contributed by atoms with Gasteiger partial charge in [-0.2, -0.15) is 0 Å². The van der Waals surface area contributed by atoms with Crippen LogP contribution in [0, 0.1) is 0 Å². The second-order valence-electron chi connectivity index (χ2n) is 13.0. The van der Waals surface area contributed by atoms with Crippen LogP contribution in [0.2, 0.25) is 0 Å². The Balaban J connectivity index is 1.14. The van der Waals surface area contributed by atoms with E-state index in [9.17, 15) is 0 Å². The maximum absolute atomic E-state index is 6.28. The van der Waals surface area contributed by atoms with Gasteiger partial charge >= 0.3 is 0 Å². The summed E-state index contributed by atoms with van der Waals surface area (Å²) in [5.74, 6) is 2.45. The molecule has 0 fully saturated rings. The minimum atomic E-state index is 0.602. The average molecular weight is 679 g/mol. The third-order valence-electron chi connectivity index (χ3n) is 9.77. The first-order valence-electron chi connectivity index (χ1n) is 17.6. The molecule has 0 N–H and O–H groups in total. The number of hydrogen-bond acceptors (Lipinski definition) is 5. The molecule has 0 saturated carbocycles. The van der Waals surface area contributed by atoms with Crippen molar-refractivity contribution in [3.63, 3.8) is 0 Å². The highest BCUT2D eigenvalue weighted by molar-refractivity contribution is 6.12. The van der Waals surface area contributed by atoms with E-state index in [1.54, 1.807) is 0 Å². The van der Waals surface area contributed by atoms with Gasteiger partial charge < -0.3 is 4.42 Å². The van der Waals surface area contributed by atoms with Crippen LogP contribution in [-0.4, -0.2) is 19.9 Å². The number of oxazole rings is 1. The van der Waals surface area contributed by atoms with Crippen LogP contribution in [0.5, 0.6) is 0 Å². The van der Waals surface area contributed by atoms with Crippen molar-refractivity contribution in [1.29, 1.82) is 0 Å². The normalized spacial score (nSPS) is 11.4. The second kappa shape index (κ2) is 12.8. The molecule has 0 atom stereocenters. The van der Waals surface area contributed by atoms with E-state index >= 15 is 0 Å². The number of hydrogen-bond donors (Lipinski definition) is 0. The molecule has 10 rings (SSSR count). The summed E-state index contributed by atoms with van der Waals surface area (Å²) in [6.07, 6.45) is 0. The highest BCUT2D eigenvalue weighted by Gasteiger charge is 2.18. The number of rotatable bonds is 6. The van der Waals surface area contributed by atoms with Crippen molar-refractivity contribution < 1.29 is 4.42 Å². The van der Waals surface area contributed by atoms with Gasteiger partial charge in [0.05, 0.1) is 0 Å². The Labute approximate surface area is 305 Å². The topological polar surface area (TPSA) is 64.7 Å². The predicted octanol–water partition coefficient (Wildman–Crippen LogP) is 12.3. The van der Waals surface area contributed by atoms with Crippen LogP contribution in [0.15, 0.2) is 186 Å². The summed E-state index contributed by atoms with van der Waals surface area (Å²) >= 11 is 0. The van der Waals surface area contributed by atoms with Crippen molar-refractivity contribution in [3.8, 4) is 67.9 Å². The molecule has 10 aromatic rings. The van der Waals surface area contributed by atoms with Crippen LogP contribution in [0.25, 0.3) is 101 Å². The molecule has 2 aromatic heterocycles. The Morgan fingerprint density at radius 2 is 0.906 bits per heavy atom. The minimum absolute atomic E-state index is 0.602. The van der Waals surface area contributed by atoms with E-state index in [4.69, 9.17) is 24.4 Å². The summed E-state index contributed by atoms with van der Waals surface area (Å²) in [4.78, 5) is 20.4. The monoisotopic (exact) mass is 678 g/mol. The van der Waals surface area contributed by atoms with E-state index < -0.39 is 0 Å². The SMILES string of the molecule is c1ccc(-c2nc(-c3cccc(-c4cccc5ccc6oc(-c7ccccc7)nc6c45)c3)nc(-c3ccc(-c4ccccc4)c4ccccc34)n2)cc1. The van der Waals surface area contributed by atoms with Crippen LogP contribution in [0.4, 0.5) is 0 Å². The van der Waals surface area contributed by atoms with Crippen LogP contribution in [0.3, 0.4) is 0 Å².